The van der Waals surface area contributed by atoms with E-state index in [9.17, 15) is 14.7 Å². The molecule has 2 heterocycles. The number of hydrogen-bond acceptors (Lipinski definition) is 6. The number of aliphatic hydroxyl groups excluding tert-OH is 1. The highest BCUT2D eigenvalue weighted by atomic mass is 32.1. The van der Waals surface area contributed by atoms with Gasteiger partial charge in [0, 0.05) is 25.7 Å². The SMILES string of the molecule is CC(C)C(N)C(=O)N1CC(O)CC1C(=O)NCc1ccc(-c2cncs2)cc1. The molecule has 3 unspecified atom stereocenters. The van der Waals surface area contributed by atoms with Gasteiger partial charge >= 0.3 is 0 Å². The number of nitrogens with zero attached hydrogens (tertiary/aromatic N) is 2. The van der Waals surface area contributed by atoms with E-state index in [1.807, 2.05) is 44.3 Å². The number of likely N-dealkylation sites (tertiary alicyclic amines) is 1. The molecule has 1 aliphatic heterocycles. The maximum Gasteiger partial charge on any atom is 0.243 e. The maximum atomic E-state index is 12.7. The Bertz CT molecular complexity index is 807. The third-order valence-electron chi connectivity index (χ3n) is 5.01. The molecular formula is C20H26N4O3S. The van der Waals surface area contributed by atoms with Crippen LogP contribution in [0.3, 0.4) is 0 Å². The van der Waals surface area contributed by atoms with Crippen LogP contribution in [0.2, 0.25) is 0 Å². The number of rotatable bonds is 6. The molecule has 1 aliphatic rings. The molecule has 7 nitrogen and oxygen atoms in total. The van der Waals surface area contributed by atoms with Crippen LogP contribution < -0.4 is 11.1 Å². The summed E-state index contributed by atoms with van der Waals surface area (Å²) in [5.41, 5.74) is 9.78. The van der Waals surface area contributed by atoms with E-state index >= 15 is 0 Å². The molecule has 150 valence electrons. The van der Waals surface area contributed by atoms with Crippen LogP contribution in [0.15, 0.2) is 36.0 Å². The fourth-order valence-electron chi connectivity index (χ4n) is 3.23. The first-order chi connectivity index (χ1) is 13.4. The van der Waals surface area contributed by atoms with Gasteiger partial charge in [0.1, 0.15) is 6.04 Å². The minimum Gasteiger partial charge on any atom is -0.391 e. The quantitative estimate of drug-likeness (QED) is 0.676. The van der Waals surface area contributed by atoms with Crippen LogP contribution >= 0.6 is 11.3 Å². The molecule has 2 amide bonds. The van der Waals surface area contributed by atoms with Crippen LogP contribution in [0.5, 0.6) is 0 Å². The largest absolute Gasteiger partial charge is 0.391 e. The van der Waals surface area contributed by atoms with Gasteiger partial charge in [-0.3, -0.25) is 14.6 Å². The van der Waals surface area contributed by atoms with E-state index in [4.69, 9.17) is 5.73 Å². The first kappa shape index (κ1) is 20.4. The van der Waals surface area contributed by atoms with Crippen LogP contribution in [0.25, 0.3) is 10.4 Å². The zero-order valence-corrected chi connectivity index (χ0v) is 16.9. The monoisotopic (exact) mass is 402 g/mol. The summed E-state index contributed by atoms with van der Waals surface area (Å²) in [5.74, 6) is -0.598. The van der Waals surface area contributed by atoms with Gasteiger partial charge in [0.15, 0.2) is 0 Å². The van der Waals surface area contributed by atoms with E-state index in [2.05, 4.69) is 10.3 Å². The Hall–Kier alpha value is -2.29. The first-order valence-electron chi connectivity index (χ1n) is 9.36. The van der Waals surface area contributed by atoms with Gasteiger partial charge in [-0.05, 0) is 17.0 Å². The molecule has 0 saturated carbocycles. The molecule has 1 saturated heterocycles. The predicted octanol–water partition coefficient (Wildman–Crippen LogP) is 1.37. The van der Waals surface area contributed by atoms with Gasteiger partial charge in [0.25, 0.3) is 0 Å². The van der Waals surface area contributed by atoms with E-state index in [0.29, 0.717) is 6.54 Å². The molecule has 0 radical (unpaired) electrons. The molecule has 0 bridgehead atoms. The number of nitrogens with two attached hydrogens (primary N) is 1. The van der Waals surface area contributed by atoms with E-state index in [1.165, 1.54) is 4.90 Å². The first-order valence-corrected chi connectivity index (χ1v) is 10.2. The molecule has 28 heavy (non-hydrogen) atoms. The summed E-state index contributed by atoms with van der Waals surface area (Å²) in [4.78, 5) is 31.8. The summed E-state index contributed by atoms with van der Waals surface area (Å²) in [5, 5.41) is 12.8. The van der Waals surface area contributed by atoms with Gasteiger partial charge in [0.05, 0.1) is 22.5 Å². The third kappa shape index (κ3) is 4.57. The maximum absolute atomic E-state index is 12.7. The van der Waals surface area contributed by atoms with E-state index in [0.717, 1.165) is 16.0 Å². The average Bonchev–Trinajstić information content (AvgIpc) is 3.35. The molecule has 1 fully saturated rings. The van der Waals surface area contributed by atoms with E-state index < -0.39 is 18.2 Å². The molecule has 1 aromatic carbocycles. The van der Waals surface area contributed by atoms with Crippen molar-refractivity contribution in [3.63, 3.8) is 0 Å². The lowest BCUT2D eigenvalue weighted by molar-refractivity contribution is -0.140. The van der Waals surface area contributed by atoms with Gasteiger partial charge < -0.3 is 21.1 Å². The third-order valence-corrected chi connectivity index (χ3v) is 5.83. The highest BCUT2D eigenvalue weighted by Crippen LogP contribution is 2.24. The zero-order valence-electron chi connectivity index (χ0n) is 16.0. The van der Waals surface area contributed by atoms with Crippen molar-refractivity contribution >= 4 is 23.2 Å². The molecule has 4 N–H and O–H groups in total. The fourth-order valence-corrected chi connectivity index (χ4v) is 3.86. The Morgan fingerprint density at radius 3 is 2.68 bits per heavy atom. The minimum atomic E-state index is -0.710. The van der Waals surface area contributed by atoms with Gasteiger partial charge in [0.2, 0.25) is 11.8 Å². The van der Waals surface area contributed by atoms with Crippen molar-refractivity contribution in [2.45, 2.75) is 45.0 Å². The lowest BCUT2D eigenvalue weighted by Crippen LogP contribution is -2.52. The molecule has 0 spiro atoms. The van der Waals surface area contributed by atoms with Crippen LogP contribution in [0, 0.1) is 5.92 Å². The van der Waals surface area contributed by atoms with Crippen LogP contribution in [-0.4, -0.2) is 51.5 Å². The summed E-state index contributed by atoms with van der Waals surface area (Å²) in [6.07, 6.45) is 1.34. The topological polar surface area (TPSA) is 109 Å². The molecule has 3 rings (SSSR count). The van der Waals surface area contributed by atoms with Crippen molar-refractivity contribution < 1.29 is 14.7 Å². The van der Waals surface area contributed by atoms with E-state index in [-0.39, 0.29) is 30.7 Å². The molecule has 8 heteroatoms. The van der Waals surface area contributed by atoms with Gasteiger partial charge in [-0.25, -0.2) is 0 Å². The number of hydrogen-bond donors (Lipinski definition) is 3. The molecule has 0 aliphatic carbocycles. The number of aliphatic hydroxyl groups is 1. The lowest BCUT2D eigenvalue weighted by Gasteiger charge is -2.27. The van der Waals surface area contributed by atoms with Crippen LogP contribution in [0.1, 0.15) is 25.8 Å². The Morgan fingerprint density at radius 2 is 2.07 bits per heavy atom. The fraction of sp³-hybridized carbons (Fsp3) is 0.450. The normalized spacial score (nSPS) is 20.4. The minimum absolute atomic E-state index is 0.0361. The zero-order chi connectivity index (χ0) is 20.3. The molecule has 3 atom stereocenters. The second-order valence-electron chi connectivity index (χ2n) is 7.45. The summed E-state index contributed by atoms with van der Waals surface area (Å²) >= 11 is 1.57. The molecule has 2 aromatic rings. The Kier molecular flexibility index (Phi) is 6.43. The second-order valence-corrected chi connectivity index (χ2v) is 8.33. The van der Waals surface area contributed by atoms with Crippen molar-refractivity contribution in [1.29, 1.82) is 0 Å². The van der Waals surface area contributed by atoms with Gasteiger partial charge in [-0.2, -0.15) is 0 Å². The summed E-state index contributed by atoms with van der Waals surface area (Å²) in [6, 6.07) is 6.52. The Balaban J connectivity index is 1.61. The predicted molar refractivity (Wildman–Crippen MR) is 108 cm³/mol. The Labute approximate surface area is 168 Å². The average molecular weight is 403 g/mol. The number of carbonyl (C=O) groups excluding carboxylic acids is 2. The molecule has 1 aromatic heterocycles. The van der Waals surface area contributed by atoms with Crippen LogP contribution in [-0.2, 0) is 16.1 Å². The second kappa shape index (κ2) is 8.81. The number of nitrogens with one attached hydrogen (secondary N) is 1. The number of aromatic nitrogens is 1. The number of amides is 2. The summed E-state index contributed by atoms with van der Waals surface area (Å²) in [6.45, 7) is 4.22. The smallest absolute Gasteiger partial charge is 0.243 e. The van der Waals surface area contributed by atoms with Gasteiger partial charge in [-0.15, -0.1) is 11.3 Å². The van der Waals surface area contributed by atoms with Crippen molar-refractivity contribution in [2.24, 2.45) is 11.7 Å². The highest BCUT2D eigenvalue weighted by Gasteiger charge is 2.40. The highest BCUT2D eigenvalue weighted by molar-refractivity contribution is 7.13. The number of benzene rings is 1. The van der Waals surface area contributed by atoms with Crippen molar-refractivity contribution in [3.05, 3.63) is 41.5 Å². The summed E-state index contributed by atoms with van der Waals surface area (Å²) < 4.78 is 0. The van der Waals surface area contributed by atoms with Gasteiger partial charge in [-0.1, -0.05) is 38.1 Å². The molecular weight excluding hydrogens is 376 g/mol. The number of thiazole rings is 1. The van der Waals surface area contributed by atoms with Crippen LogP contribution in [0.4, 0.5) is 0 Å². The van der Waals surface area contributed by atoms with Crippen molar-refractivity contribution in [1.82, 2.24) is 15.2 Å². The lowest BCUT2D eigenvalue weighted by atomic mass is 10.0. The standard InChI is InChI=1S/C20H26N4O3S/c1-12(2)18(21)20(27)24-10-15(25)7-16(24)19(26)23-8-13-3-5-14(6-4-13)17-9-22-11-28-17/h3-6,9,11-12,15-16,18,25H,7-8,10,21H2,1-2H3,(H,23,26). The van der Waals surface area contributed by atoms with Crippen molar-refractivity contribution in [2.75, 3.05) is 6.54 Å². The number of β-amino-alcohol motifs (C(OH)–C–C–N with tert-alkyl or cyclic N) is 1. The van der Waals surface area contributed by atoms with E-state index in [1.54, 1.807) is 16.8 Å². The summed E-state index contributed by atoms with van der Waals surface area (Å²) in [7, 11) is 0. The van der Waals surface area contributed by atoms with Crippen molar-refractivity contribution in [3.8, 4) is 10.4 Å². The number of carbonyl (C=O) groups is 2. The Morgan fingerprint density at radius 1 is 1.36 bits per heavy atom.